The first-order valence-electron chi connectivity index (χ1n) is 9.30. The monoisotopic (exact) mass is 550 g/mol. The van der Waals surface area contributed by atoms with Crippen LogP contribution in [0.3, 0.4) is 0 Å². The van der Waals surface area contributed by atoms with Gasteiger partial charge in [0.2, 0.25) is 20.0 Å². The maximum Gasteiger partial charge on any atom is 0.240 e. The zero-order chi connectivity index (χ0) is 22.4. The molecule has 1 fully saturated rings. The number of sulfonamides is 2. The first kappa shape index (κ1) is 30.5. The van der Waals surface area contributed by atoms with E-state index in [1.54, 1.807) is 24.3 Å². The lowest BCUT2D eigenvalue weighted by Gasteiger charge is -2.33. The molecule has 11 heteroatoms. The van der Waals surface area contributed by atoms with Crippen LogP contribution in [-0.2, 0) is 20.0 Å². The molecule has 1 aliphatic heterocycles. The Labute approximate surface area is 202 Å². The standard InChI is InChI=1S/C12H19N3O2S.C7H8BrNO2S.2CH4/c1-10-9-15(8-7-14-10)11-3-5-12(6-4-11)18(16,17)13-2;1-9-12(10,11)7-4-2-6(8)3-5-7;;/h3-6,10,13-14H,7-9H2,1-2H3;2-5,9H,1H3;2*1H4. The highest BCUT2D eigenvalue weighted by Crippen LogP contribution is 2.19. The Bertz CT molecular complexity index is 1030. The summed E-state index contributed by atoms with van der Waals surface area (Å²) in [5.74, 6) is 0. The Balaban J connectivity index is 0.000000607. The second kappa shape index (κ2) is 13.3. The molecule has 0 radical (unpaired) electrons. The molecule has 0 spiro atoms. The lowest BCUT2D eigenvalue weighted by Crippen LogP contribution is -2.49. The van der Waals surface area contributed by atoms with Gasteiger partial charge in [0.1, 0.15) is 0 Å². The first-order valence-corrected chi connectivity index (χ1v) is 13.1. The molecule has 1 unspecified atom stereocenters. The number of rotatable bonds is 5. The van der Waals surface area contributed by atoms with Gasteiger partial charge < -0.3 is 10.2 Å². The van der Waals surface area contributed by atoms with Crippen LogP contribution >= 0.6 is 15.9 Å². The van der Waals surface area contributed by atoms with Crippen LogP contribution in [0.15, 0.2) is 62.8 Å². The van der Waals surface area contributed by atoms with Crippen LogP contribution in [0.1, 0.15) is 21.8 Å². The summed E-state index contributed by atoms with van der Waals surface area (Å²) in [6.45, 7) is 4.99. The third-order valence-electron chi connectivity index (χ3n) is 4.54. The minimum absolute atomic E-state index is 0. The maximum atomic E-state index is 11.6. The van der Waals surface area contributed by atoms with E-state index in [0.717, 1.165) is 29.8 Å². The van der Waals surface area contributed by atoms with E-state index >= 15 is 0 Å². The van der Waals surface area contributed by atoms with Gasteiger partial charge in [0.15, 0.2) is 0 Å². The summed E-state index contributed by atoms with van der Waals surface area (Å²) >= 11 is 3.22. The normalized spacial score (nSPS) is 16.1. The van der Waals surface area contributed by atoms with Crippen molar-refractivity contribution in [3.05, 3.63) is 53.0 Å². The van der Waals surface area contributed by atoms with E-state index in [1.165, 1.54) is 26.2 Å². The largest absolute Gasteiger partial charge is 0.369 e. The van der Waals surface area contributed by atoms with E-state index in [0.29, 0.717) is 10.9 Å². The summed E-state index contributed by atoms with van der Waals surface area (Å²) < 4.78 is 51.0. The highest BCUT2D eigenvalue weighted by atomic mass is 79.9. The molecule has 32 heavy (non-hydrogen) atoms. The highest BCUT2D eigenvalue weighted by molar-refractivity contribution is 9.10. The molecule has 0 amide bonds. The number of nitrogens with zero attached hydrogens (tertiary/aromatic N) is 1. The van der Waals surface area contributed by atoms with Crippen molar-refractivity contribution >= 4 is 41.7 Å². The molecule has 2 aromatic rings. The fourth-order valence-corrected chi connectivity index (χ4v) is 4.58. The van der Waals surface area contributed by atoms with Gasteiger partial charge in [-0.25, -0.2) is 26.3 Å². The van der Waals surface area contributed by atoms with Gasteiger partial charge in [-0.2, -0.15) is 0 Å². The second-order valence-corrected chi connectivity index (χ2v) is 11.4. The molecule has 1 aliphatic rings. The summed E-state index contributed by atoms with van der Waals surface area (Å²) in [6.07, 6.45) is 0. The fourth-order valence-electron chi connectivity index (χ4n) is 2.85. The molecule has 1 atom stereocenters. The summed E-state index contributed by atoms with van der Waals surface area (Å²) in [5.41, 5.74) is 1.07. The van der Waals surface area contributed by atoms with Crippen molar-refractivity contribution in [3.63, 3.8) is 0 Å². The number of nitrogens with one attached hydrogen (secondary N) is 3. The van der Waals surface area contributed by atoms with Gasteiger partial charge >= 0.3 is 0 Å². The third-order valence-corrected chi connectivity index (χ3v) is 7.93. The van der Waals surface area contributed by atoms with E-state index < -0.39 is 20.0 Å². The Kier molecular flexibility index (Phi) is 12.6. The Hall–Kier alpha value is -1.50. The number of hydrogen-bond donors (Lipinski definition) is 3. The van der Waals surface area contributed by atoms with E-state index in [9.17, 15) is 16.8 Å². The molecule has 182 valence electrons. The SMILES string of the molecule is C.C.CNS(=O)(=O)c1ccc(Br)cc1.CNS(=O)(=O)c1ccc(N2CCNC(C)C2)cc1. The topological polar surface area (TPSA) is 108 Å². The molecular weight excluding hydrogens is 516 g/mol. The van der Waals surface area contributed by atoms with Gasteiger partial charge in [0.05, 0.1) is 9.79 Å². The van der Waals surface area contributed by atoms with Crippen LogP contribution in [0.4, 0.5) is 5.69 Å². The summed E-state index contributed by atoms with van der Waals surface area (Å²) in [4.78, 5) is 2.84. The van der Waals surface area contributed by atoms with Crippen molar-refractivity contribution in [2.75, 3.05) is 38.6 Å². The predicted octanol–water partition coefficient (Wildman–Crippen LogP) is 3.02. The quantitative estimate of drug-likeness (QED) is 0.528. The van der Waals surface area contributed by atoms with Gasteiger partial charge in [0, 0.05) is 35.8 Å². The number of benzene rings is 2. The molecule has 0 bridgehead atoms. The zero-order valence-electron chi connectivity index (χ0n) is 17.1. The molecular formula is C21H35BrN4O4S2. The van der Waals surface area contributed by atoms with Crippen LogP contribution in [-0.4, -0.2) is 56.6 Å². The van der Waals surface area contributed by atoms with Crippen LogP contribution in [0.2, 0.25) is 0 Å². The molecule has 0 saturated carbocycles. The Morgan fingerprint density at radius 2 is 1.31 bits per heavy atom. The van der Waals surface area contributed by atoms with Crippen molar-refractivity contribution in [1.82, 2.24) is 14.8 Å². The van der Waals surface area contributed by atoms with E-state index in [1.807, 2.05) is 12.1 Å². The van der Waals surface area contributed by atoms with Crippen LogP contribution < -0.4 is 19.7 Å². The van der Waals surface area contributed by atoms with Crippen LogP contribution in [0.25, 0.3) is 0 Å². The molecule has 0 aliphatic carbocycles. The van der Waals surface area contributed by atoms with Gasteiger partial charge in [-0.3, -0.25) is 0 Å². The van der Waals surface area contributed by atoms with Crippen molar-refractivity contribution in [2.24, 2.45) is 0 Å². The average molecular weight is 552 g/mol. The fraction of sp³-hybridized carbons (Fsp3) is 0.429. The minimum Gasteiger partial charge on any atom is -0.369 e. The van der Waals surface area contributed by atoms with Crippen molar-refractivity contribution < 1.29 is 16.8 Å². The van der Waals surface area contributed by atoms with Crippen LogP contribution in [0, 0.1) is 0 Å². The minimum atomic E-state index is -3.34. The Morgan fingerprint density at radius 1 is 0.875 bits per heavy atom. The number of piperazine rings is 1. The van der Waals surface area contributed by atoms with E-state index in [4.69, 9.17) is 0 Å². The molecule has 3 rings (SSSR count). The van der Waals surface area contributed by atoms with Crippen molar-refractivity contribution in [2.45, 2.75) is 37.6 Å². The van der Waals surface area contributed by atoms with Crippen LogP contribution in [0.5, 0.6) is 0 Å². The summed E-state index contributed by atoms with van der Waals surface area (Å²) in [7, 11) is -3.82. The lowest BCUT2D eigenvalue weighted by atomic mass is 10.2. The highest BCUT2D eigenvalue weighted by Gasteiger charge is 2.17. The molecule has 0 aromatic heterocycles. The third kappa shape index (κ3) is 8.45. The maximum absolute atomic E-state index is 11.6. The molecule has 3 N–H and O–H groups in total. The predicted molar refractivity (Wildman–Crippen MR) is 136 cm³/mol. The summed E-state index contributed by atoms with van der Waals surface area (Å²) in [6, 6.07) is 13.9. The van der Waals surface area contributed by atoms with Gasteiger partial charge in [-0.05, 0) is 69.6 Å². The van der Waals surface area contributed by atoms with E-state index in [-0.39, 0.29) is 19.7 Å². The summed E-state index contributed by atoms with van der Waals surface area (Å²) in [5, 5.41) is 3.38. The molecule has 8 nitrogen and oxygen atoms in total. The zero-order valence-corrected chi connectivity index (χ0v) is 20.3. The molecule has 1 heterocycles. The molecule has 2 aromatic carbocycles. The lowest BCUT2D eigenvalue weighted by molar-refractivity contribution is 0.485. The van der Waals surface area contributed by atoms with Gasteiger partial charge in [-0.15, -0.1) is 0 Å². The smallest absolute Gasteiger partial charge is 0.240 e. The van der Waals surface area contributed by atoms with E-state index in [2.05, 4.69) is 42.5 Å². The van der Waals surface area contributed by atoms with Crippen molar-refractivity contribution in [1.29, 1.82) is 0 Å². The average Bonchev–Trinajstić information content (AvgIpc) is 2.74. The van der Waals surface area contributed by atoms with Gasteiger partial charge in [-0.1, -0.05) is 30.8 Å². The molecule has 1 saturated heterocycles. The Morgan fingerprint density at radius 3 is 1.72 bits per heavy atom. The number of hydrogen-bond acceptors (Lipinski definition) is 6. The first-order chi connectivity index (χ1) is 14.1. The number of halogens is 1. The van der Waals surface area contributed by atoms with Crippen molar-refractivity contribution in [3.8, 4) is 0 Å². The second-order valence-electron chi connectivity index (χ2n) is 6.66. The van der Waals surface area contributed by atoms with Gasteiger partial charge in [0.25, 0.3) is 0 Å². The number of anilines is 1.